The molecule has 4 aromatic heterocycles. The Balaban J connectivity index is 0.000000237. The standard InChI is InChI=1S/C35H48N4O10.C22H25N5/c1-2-3-11-26-38-27-28(21-8-4-5-9-22(21)37-34(27)36)39(26)16-20-14-12-19(13-15-20)7-6-10-23(42)29(44)33(24(43)17-40)49-35-32(47)31(46)30(45)25(18-41)48-35;1-2-3-8-19-26-20-21(17-6-4-5-7-18(17)25-22(20)24)27(19)14-16-11-9-15(13-23)10-12-16/h4-5,8-9,12-15,23-25,29-33,35,40-47H,2-3,6-7,10-11,16-18H2,1H3,(H2,36,37);4-7,9-12H,2-3,8,13-14,23H2,1H3,(H2,24,25)/t23-,24+,25+,29+,30+,31-,32+,33?,35+;/m0./s1. The van der Waals surface area contributed by atoms with Crippen LogP contribution >= 0.6 is 0 Å². The molecule has 5 heterocycles. The number of hydrogen-bond acceptors (Lipinski definition) is 17. The van der Waals surface area contributed by atoms with E-state index in [9.17, 15) is 40.9 Å². The number of imidazole rings is 2. The third-order valence-corrected chi connectivity index (χ3v) is 14.3. The number of hydrogen-bond donors (Lipinski definition) is 11. The summed E-state index contributed by atoms with van der Waals surface area (Å²) in [5, 5.41) is 83.4. The molecule has 1 unspecified atom stereocenters. The first-order chi connectivity index (χ1) is 36.8. The van der Waals surface area contributed by atoms with Gasteiger partial charge in [-0.2, -0.15) is 0 Å². The van der Waals surface area contributed by atoms with Crippen molar-refractivity contribution in [3.05, 3.63) is 131 Å². The summed E-state index contributed by atoms with van der Waals surface area (Å²) in [4.78, 5) is 18.9. The van der Waals surface area contributed by atoms with Crippen molar-refractivity contribution in [2.45, 2.75) is 146 Å². The molecule has 9 rings (SSSR count). The predicted molar refractivity (Wildman–Crippen MR) is 292 cm³/mol. The number of fused-ring (bicyclic) bond motifs is 6. The molecule has 19 nitrogen and oxygen atoms in total. The van der Waals surface area contributed by atoms with Gasteiger partial charge >= 0.3 is 0 Å². The van der Waals surface area contributed by atoms with Gasteiger partial charge in [-0.3, -0.25) is 0 Å². The van der Waals surface area contributed by atoms with Gasteiger partial charge in [-0.1, -0.05) is 112 Å². The van der Waals surface area contributed by atoms with Crippen molar-refractivity contribution in [1.29, 1.82) is 0 Å². The SMILES string of the molecule is CCCCc1nc2c(N)nc3ccccc3c2n1Cc1ccc(CCC[C@H](O)[C@@H](O)C(O[C@H]2O[C@H](CO)[C@@H](O)[C@H](O)[C@H]2O)[C@H](O)CO)cc1.CCCCc1nc2c(N)nc3ccccc3c2n1Cc1ccc(CN)cc1. The number of pyridine rings is 2. The fraction of sp³-hybridized carbons (Fsp3) is 0.439. The molecule has 0 bridgehead atoms. The Morgan fingerprint density at radius 2 is 1.08 bits per heavy atom. The highest BCUT2D eigenvalue weighted by Crippen LogP contribution is 2.32. The Labute approximate surface area is 441 Å². The third-order valence-electron chi connectivity index (χ3n) is 14.3. The summed E-state index contributed by atoms with van der Waals surface area (Å²) in [5.74, 6) is 2.93. The summed E-state index contributed by atoms with van der Waals surface area (Å²) in [6, 6.07) is 32.6. The van der Waals surface area contributed by atoms with E-state index in [0.717, 1.165) is 112 Å². The quantitative estimate of drug-likeness (QED) is 0.0454. The summed E-state index contributed by atoms with van der Waals surface area (Å²) < 4.78 is 15.3. The topological polar surface area (TPSA) is 320 Å². The van der Waals surface area contributed by atoms with E-state index in [1.807, 2.05) is 66.7 Å². The molecule has 1 aliphatic heterocycles. The van der Waals surface area contributed by atoms with Crippen LogP contribution in [0.3, 0.4) is 0 Å². The number of anilines is 2. The number of benzene rings is 4. The van der Waals surface area contributed by atoms with Crippen molar-refractivity contribution in [3.63, 3.8) is 0 Å². The van der Waals surface area contributed by atoms with Crippen molar-refractivity contribution in [1.82, 2.24) is 29.1 Å². The van der Waals surface area contributed by atoms with Gasteiger partial charge in [0, 0.05) is 43.2 Å². The number of nitrogens with zero attached hydrogens (tertiary/aromatic N) is 6. The molecule has 1 fully saturated rings. The third kappa shape index (κ3) is 12.5. The van der Waals surface area contributed by atoms with Gasteiger partial charge < -0.3 is 76.7 Å². The second kappa shape index (κ2) is 25.8. The van der Waals surface area contributed by atoms with Crippen LogP contribution in [-0.2, 0) is 48.4 Å². The van der Waals surface area contributed by atoms with Crippen molar-refractivity contribution in [2.24, 2.45) is 5.73 Å². The van der Waals surface area contributed by atoms with Crippen LogP contribution in [0, 0.1) is 0 Å². The van der Waals surface area contributed by atoms with Gasteiger partial charge in [0.15, 0.2) is 17.9 Å². The molecule has 14 N–H and O–H groups in total. The Morgan fingerprint density at radius 3 is 1.55 bits per heavy atom. The highest BCUT2D eigenvalue weighted by Gasteiger charge is 2.47. The Kier molecular flexibility index (Phi) is 19.0. The van der Waals surface area contributed by atoms with E-state index in [2.05, 4.69) is 63.3 Å². The zero-order chi connectivity index (χ0) is 54.0. The molecule has 4 aromatic carbocycles. The first kappa shape index (κ1) is 56.0. The fourth-order valence-electron chi connectivity index (χ4n) is 9.90. The van der Waals surface area contributed by atoms with Crippen molar-refractivity contribution in [3.8, 4) is 0 Å². The lowest BCUT2D eigenvalue weighted by Crippen LogP contribution is -2.61. The number of ether oxygens (including phenoxy) is 2. The second-order valence-electron chi connectivity index (χ2n) is 19.7. The van der Waals surface area contributed by atoms with Gasteiger partial charge in [0.1, 0.15) is 65.4 Å². The van der Waals surface area contributed by atoms with Crippen LogP contribution in [0.2, 0.25) is 0 Å². The van der Waals surface area contributed by atoms with E-state index >= 15 is 0 Å². The molecule has 1 saturated heterocycles. The van der Waals surface area contributed by atoms with E-state index in [-0.39, 0.29) is 6.42 Å². The highest BCUT2D eigenvalue weighted by atomic mass is 16.7. The summed E-state index contributed by atoms with van der Waals surface area (Å²) in [6.45, 7) is 4.71. The number of para-hydroxylation sites is 2. The molecular formula is C57H73N9O10. The number of aromatic nitrogens is 6. The van der Waals surface area contributed by atoms with Crippen LogP contribution in [0.25, 0.3) is 43.9 Å². The molecule has 0 saturated carbocycles. The van der Waals surface area contributed by atoms with Crippen LogP contribution < -0.4 is 17.2 Å². The molecule has 8 aromatic rings. The van der Waals surface area contributed by atoms with E-state index in [1.54, 1.807) is 0 Å². The molecule has 0 spiro atoms. The lowest BCUT2D eigenvalue weighted by atomic mass is 9.96. The lowest BCUT2D eigenvalue weighted by molar-refractivity contribution is -0.327. The average Bonchev–Trinajstić information content (AvgIpc) is 4.01. The van der Waals surface area contributed by atoms with Crippen LogP contribution in [0.15, 0.2) is 97.1 Å². The fourth-order valence-corrected chi connectivity index (χ4v) is 9.90. The summed E-state index contributed by atoms with van der Waals surface area (Å²) in [5.41, 5.74) is 28.1. The molecule has 76 heavy (non-hydrogen) atoms. The lowest BCUT2D eigenvalue weighted by Gasteiger charge is -2.42. The smallest absolute Gasteiger partial charge is 0.187 e. The molecule has 9 atom stereocenters. The van der Waals surface area contributed by atoms with E-state index < -0.39 is 68.3 Å². The number of aliphatic hydroxyl groups is 8. The zero-order valence-electron chi connectivity index (χ0n) is 43.1. The van der Waals surface area contributed by atoms with Gasteiger partial charge in [0.05, 0.1) is 41.4 Å². The highest BCUT2D eigenvalue weighted by molar-refractivity contribution is 6.07. The molecule has 1 aliphatic rings. The van der Waals surface area contributed by atoms with Crippen molar-refractivity contribution >= 4 is 55.5 Å². The first-order valence-electron chi connectivity index (χ1n) is 26.3. The summed E-state index contributed by atoms with van der Waals surface area (Å²) >= 11 is 0. The molecule has 0 amide bonds. The van der Waals surface area contributed by atoms with Crippen molar-refractivity contribution in [2.75, 3.05) is 24.7 Å². The maximum Gasteiger partial charge on any atom is 0.187 e. The molecule has 0 aliphatic carbocycles. The number of rotatable bonds is 22. The average molecular weight is 1040 g/mol. The monoisotopic (exact) mass is 1040 g/mol. The van der Waals surface area contributed by atoms with E-state index in [4.69, 9.17) is 36.6 Å². The van der Waals surface area contributed by atoms with Crippen molar-refractivity contribution < 1.29 is 50.3 Å². The van der Waals surface area contributed by atoms with Gasteiger partial charge in [-0.25, -0.2) is 19.9 Å². The number of nitrogens with two attached hydrogens (primary N) is 3. The van der Waals surface area contributed by atoms with Crippen LogP contribution in [-0.4, -0.2) is 138 Å². The largest absolute Gasteiger partial charge is 0.394 e. The number of aliphatic hydroxyl groups excluding tert-OH is 8. The minimum Gasteiger partial charge on any atom is -0.394 e. The van der Waals surface area contributed by atoms with Gasteiger partial charge in [-0.15, -0.1) is 0 Å². The number of nitrogen functional groups attached to an aromatic ring is 2. The molecule has 406 valence electrons. The van der Waals surface area contributed by atoms with Crippen LogP contribution in [0.1, 0.15) is 86.3 Å². The first-order valence-corrected chi connectivity index (χ1v) is 26.3. The Morgan fingerprint density at radius 1 is 0.592 bits per heavy atom. The van der Waals surface area contributed by atoms with Gasteiger partial charge in [0.2, 0.25) is 0 Å². The number of aryl methyl sites for hydroxylation is 3. The summed E-state index contributed by atoms with van der Waals surface area (Å²) in [6.07, 6.45) is -7.34. The van der Waals surface area contributed by atoms with E-state index in [0.29, 0.717) is 43.1 Å². The van der Waals surface area contributed by atoms with Gasteiger partial charge in [-0.05, 0) is 66.5 Å². The van der Waals surface area contributed by atoms with E-state index in [1.165, 1.54) is 5.56 Å². The Hall–Kier alpha value is -6.20. The maximum atomic E-state index is 10.9. The molecule has 0 radical (unpaired) electrons. The minimum absolute atomic E-state index is 0.111. The normalized spacial score (nSPS) is 19.5. The van der Waals surface area contributed by atoms with Crippen LogP contribution in [0.4, 0.5) is 11.6 Å². The Bertz CT molecular complexity index is 3150. The predicted octanol–water partition coefficient (Wildman–Crippen LogP) is 4.16. The second-order valence-corrected chi connectivity index (χ2v) is 19.7. The summed E-state index contributed by atoms with van der Waals surface area (Å²) in [7, 11) is 0. The molecule has 19 heteroatoms. The zero-order valence-corrected chi connectivity index (χ0v) is 43.1. The van der Waals surface area contributed by atoms with Crippen LogP contribution in [0.5, 0.6) is 0 Å². The van der Waals surface area contributed by atoms with Gasteiger partial charge in [0.25, 0.3) is 0 Å². The molecular weight excluding hydrogens is 971 g/mol. The maximum absolute atomic E-state index is 10.9. The number of unbranched alkanes of at least 4 members (excludes halogenated alkanes) is 2. The minimum atomic E-state index is -1.79.